The van der Waals surface area contributed by atoms with Gasteiger partial charge in [-0.1, -0.05) is 6.07 Å². The summed E-state index contributed by atoms with van der Waals surface area (Å²) >= 11 is 1.65. The van der Waals surface area contributed by atoms with Gasteiger partial charge in [0.05, 0.1) is 16.3 Å². The molecule has 2 aromatic rings. The average molecular weight is 243 g/mol. The first-order valence-electron chi connectivity index (χ1n) is 5.42. The van der Waals surface area contributed by atoms with Gasteiger partial charge < -0.3 is 5.32 Å². The Kier molecular flexibility index (Phi) is 3.73. The maximum Gasteiger partial charge on any atom is 0.101 e. The molecule has 0 spiro atoms. The second kappa shape index (κ2) is 5.46. The van der Waals surface area contributed by atoms with Crippen LogP contribution in [0.3, 0.4) is 0 Å². The number of nitrogens with one attached hydrogen (secondary N) is 1. The summed E-state index contributed by atoms with van der Waals surface area (Å²) < 4.78 is 0. The van der Waals surface area contributed by atoms with E-state index in [-0.39, 0.29) is 0 Å². The number of aromatic nitrogens is 1. The molecule has 0 atom stereocenters. The van der Waals surface area contributed by atoms with Crippen molar-refractivity contribution in [2.24, 2.45) is 0 Å². The molecule has 0 aliphatic heterocycles. The molecule has 0 saturated carbocycles. The molecule has 0 aliphatic rings. The van der Waals surface area contributed by atoms with Crippen LogP contribution in [0.5, 0.6) is 0 Å². The SMILES string of the molecule is Cc1ccc(NCCc2nccs2)c(C#N)c1. The first-order valence-corrected chi connectivity index (χ1v) is 6.30. The van der Waals surface area contributed by atoms with Gasteiger partial charge in [0.25, 0.3) is 0 Å². The van der Waals surface area contributed by atoms with Gasteiger partial charge >= 0.3 is 0 Å². The number of nitrogens with zero attached hydrogens (tertiary/aromatic N) is 2. The highest BCUT2D eigenvalue weighted by Gasteiger charge is 2.02. The Morgan fingerprint density at radius 1 is 1.47 bits per heavy atom. The second-order valence-electron chi connectivity index (χ2n) is 3.76. The van der Waals surface area contributed by atoms with Gasteiger partial charge in [0.1, 0.15) is 6.07 Å². The third kappa shape index (κ3) is 3.05. The molecule has 0 saturated heterocycles. The normalized spacial score (nSPS) is 9.88. The predicted octanol–water partition coefficient (Wildman–Crippen LogP) is 2.98. The Hall–Kier alpha value is -1.86. The summed E-state index contributed by atoms with van der Waals surface area (Å²) in [6.45, 7) is 2.78. The average Bonchev–Trinajstić information content (AvgIpc) is 2.84. The van der Waals surface area contributed by atoms with Crippen LogP contribution < -0.4 is 5.32 Å². The lowest BCUT2D eigenvalue weighted by Gasteiger charge is -2.07. The van der Waals surface area contributed by atoms with Crippen molar-refractivity contribution in [1.29, 1.82) is 5.26 Å². The Morgan fingerprint density at radius 3 is 3.06 bits per heavy atom. The largest absolute Gasteiger partial charge is 0.384 e. The van der Waals surface area contributed by atoms with Crippen molar-refractivity contribution in [3.8, 4) is 6.07 Å². The lowest BCUT2D eigenvalue weighted by molar-refractivity contribution is 0.997. The fourth-order valence-corrected chi connectivity index (χ4v) is 2.21. The number of hydrogen-bond donors (Lipinski definition) is 1. The molecule has 0 amide bonds. The quantitative estimate of drug-likeness (QED) is 0.898. The molecular formula is C13H13N3S. The van der Waals surface area contributed by atoms with E-state index in [1.807, 2.05) is 36.7 Å². The number of thiazole rings is 1. The summed E-state index contributed by atoms with van der Waals surface area (Å²) in [6, 6.07) is 8.06. The van der Waals surface area contributed by atoms with Crippen LogP contribution in [0.15, 0.2) is 29.8 Å². The molecule has 0 fully saturated rings. The fraction of sp³-hybridized carbons (Fsp3) is 0.231. The van der Waals surface area contributed by atoms with E-state index in [1.54, 1.807) is 11.3 Å². The molecule has 0 unspecified atom stereocenters. The van der Waals surface area contributed by atoms with Gasteiger partial charge in [-0.2, -0.15) is 5.26 Å². The smallest absolute Gasteiger partial charge is 0.101 e. The molecule has 4 heteroatoms. The molecular weight excluding hydrogens is 230 g/mol. The van der Waals surface area contributed by atoms with E-state index >= 15 is 0 Å². The zero-order chi connectivity index (χ0) is 12.1. The Bertz CT molecular complexity index is 526. The molecule has 1 aromatic heterocycles. The third-order valence-corrected chi connectivity index (χ3v) is 3.27. The maximum atomic E-state index is 9.03. The minimum absolute atomic E-state index is 0.698. The zero-order valence-electron chi connectivity index (χ0n) is 9.60. The van der Waals surface area contributed by atoms with Gasteiger partial charge in [-0.3, -0.25) is 0 Å². The van der Waals surface area contributed by atoms with Gasteiger partial charge in [-0.25, -0.2) is 4.98 Å². The molecule has 2 rings (SSSR count). The number of benzene rings is 1. The summed E-state index contributed by atoms with van der Waals surface area (Å²) in [5.41, 5.74) is 2.70. The van der Waals surface area contributed by atoms with Crippen LogP contribution in [0.4, 0.5) is 5.69 Å². The molecule has 1 N–H and O–H groups in total. The van der Waals surface area contributed by atoms with E-state index in [2.05, 4.69) is 16.4 Å². The van der Waals surface area contributed by atoms with E-state index in [9.17, 15) is 0 Å². The summed E-state index contributed by atoms with van der Waals surface area (Å²) in [5.74, 6) is 0. The van der Waals surface area contributed by atoms with E-state index in [0.29, 0.717) is 5.56 Å². The molecule has 3 nitrogen and oxygen atoms in total. The van der Waals surface area contributed by atoms with Gasteiger partial charge in [0.2, 0.25) is 0 Å². The predicted molar refractivity (Wildman–Crippen MR) is 70.2 cm³/mol. The minimum atomic E-state index is 0.698. The number of hydrogen-bond acceptors (Lipinski definition) is 4. The molecule has 0 radical (unpaired) electrons. The molecule has 1 aromatic carbocycles. The first kappa shape index (κ1) is 11.6. The zero-order valence-corrected chi connectivity index (χ0v) is 10.4. The Morgan fingerprint density at radius 2 is 2.35 bits per heavy atom. The topological polar surface area (TPSA) is 48.7 Å². The van der Waals surface area contributed by atoms with E-state index in [0.717, 1.165) is 29.2 Å². The Balaban J connectivity index is 1.97. The van der Waals surface area contributed by atoms with Crippen LogP contribution in [-0.2, 0) is 6.42 Å². The van der Waals surface area contributed by atoms with Gasteiger partial charge in [-0.05, 0) is 24.6 Å². The minimum Gasteiger partial charge on any atom is -0.384 e. The molecule has 0 bridgehead atoms. The number of rotatable bonds is 4. The van der Waals surface area contributed by atoms with Crippen molar-refractivity contribution in [1.82, 2.24) is 4.98 Å². The maximum absolute atomic E-state index is 9.03. The number of anilines is 1. The lowest BCUT2D eigenvalue weighted by Crippen LogP contribution is -2.06. The molecule has 1 heterocycles. The van der Waals surface area contributed by atoms with Crippen LogP contribution in [-0.4, -0.2) is 11.5 Å². The third-order valence-electron chi connectivity index (χ3n) is 2.43. The Labute approximate surface area is 105 Å². The number of aryl methyl sites for hydroxylation is 1. The van der Waals surface area contributed by atoms with Crippen molar-refractivity contribution >= 4 is 17.0 Å². The van der Waals surface area contributed by atoms with Crippen molar-refractivity contribution in [2.45, 2.75) is 13.3 Å². The monoisotopic (exact) mass is 243 g/mol. The van der Waals surface area contributed by atoms with Crippen molar-refractivity contribution in [3.63, 3.8) is 0 Å². The van der Waals surface area contributed by atoms with Crippen LogP contribution in [0, 0.1) is 18.3 Å². The summed E-state index contributed by atoms with van der Waals surface area (Å²) in [5, 5.41) is 15.4. The van der Waals surface area contributed by atoms with E-state index in [1.165, 1.54) is 0 Å². The lowest BCUT2D eigenvalue weighted by atomic mass is 10.1. The highest BCUT2D eigenvalue weighted by molar-refractivity contribution is 7.09. The van der Waals surface area contributed by atoms with Crippen molar-refractivity contribution in [3.05, 3.63) is 45.9 Å². The van der Waals surface area contributed by atoms with Gasteiger partial charge in [0.15, 0.2) is 0 Å². The first-order chi connectivity index (χ1) is 8.29. The molecule has 0 aliphatic carbocycles. The highest BCUT2D eigenvalue weighted by Crippen LogP contribution is 2.16. The summed E-state index contributed by atoms with van der Waals surface area (Å²) in [7, 11) is 0. The standard InChI is InChI=1S/C13H13N3S/c1-10-2-3-12(11(8-10)9-14)15-5-4-13-16-6-7-17-13/h2-3,6-8,15H,4-5H2,1H3. The summed E-state index contributed by atoms with van der Waals surface area (Å²) in [6.07, 6.45) is 2.70. The van der Waals surface area contributed by atoms with E-state index in [4.69, 9.17) is 5.26 Å². The summed E-state index contributed by atoms with van der Waals surface area (Å²) in [4.78, 5) is 4.22. The van der Waals surface area contributed by atoms with Crippen molar-refractivity contribution in [2.75, 3.05) is 11.9 Å². The van der Waals surface area contributed by atoms with Crippen LogP contribution in [0.2, 0.25) is 0 Å². The van der Waals surface area contributed by atoms with Gasteiger partial charge in [0, 0.05) is 24.5 Å². The van der Waals surface area contributed by atoms with Gasteiger partial charge in [-0.15, -0.1) is 11.3 Å². The highest BCUT2D eigenvalue weighted by atomic mass is 32.1. The fourth-order valence-electron chi connectivity index (χ4n) is 1.59. The second-order valence-corrected chi connectivity index (χ2v) is 4.74. The van der Waals surface area contributed by atoms with Crippen LogP contribution >= 0.6 is 11.3 Å². The van der Waals surface area contributed by atoms with E-state index < -0.39 is 0 Å². The van der Waals surface area contributed by atoms with Crippen LogP contribution in [0.1, 0.15) is 16.1 Å². The van der Waals surface area contributed by atoms with Crippen molar-refractivity contribution < 1.29 is 0 Å². The molecule has 86 valence electrons. The molecule has 17 heavy (non-hydrogen) atoms. The number of nitriles is 1. The van der Waals surface area contributed by atoms with Crippen LogP contribution in [0.25, 0.3) is 0 Å².